The molecule has 18 heavy (non-hydrogen) atoms. The smallest absolute Gasteiger partial charge is 0.137 e. The molecule has 3 nitrogen and oxygen atoms in total. The molecule has 0 amide bonds. The lowest BCUT2D eigenvalue weighted by Gasteiger charge is -2.18. The van der Waals surface area contributed by atoms with Crippen molar-refractivity contribution in [3.63, 3.8) is 0 Å². The van der Waals surface area contributed by atoms with E-state index in [1.165, 1.54) is 0 Å². The minimum atomic E-state index is 0.142. The highest BCUT2D eigenvalue weighted by atomic mass is 79.9. The molecule has 1 aromatic rings. The molecule has 0 heterocycles. The monoisotopic (exact) mass is 315 g/mol. The molecule has 0 radical (unpaired) electrons. The fourth-order valence-electron chi connectivity index (χ4n) is 1.61. The third kappa shape index (κ3) is 4.50. The molecule has 0 fully saturated rings. The number of nitrogens with one attached hydrogen (secondary N) is 1. The summed E-state index contributed by atoms with van der Waals surface area (Å²) >= 11 is 3.54. The summed E-state index contributed by atoms with van der Waals surface area (Å²) in [4.78, 5) is 0. The molecular weight excluding hydrogens is 294 g/mol. The third-order valence-corrected chi connectivity index (χ3v) is 2.83. The van der Waals surface area contributed by atoms with Crippen LogP contribution in [-0.4, -0.2) is 19.3 Å². The van der Waals surface area contributed by atoms with Gasteiger partial charge >= 0.3 is 0 Å². The van der Waals surface area contributed by atoms with E-state index in [0.29, 0.717) is 0 Å². The maximum absolute atomic E-state index is 5.83. The van der Waals surface area contributed by atoms with Crippen LogP contribution in [0.25, 0.3) is 0 Å². The number of hydrogen-bond donors (Lipinski definition) is 1. The van der Waals surface area contributed by atoms with Crippen molar-refractivity contribution in [2.45, 2.75) is 46.4 Å². The van der Waals surface area contributed by atoms with Gasteiger partial charge in [0.15, 0.2) is 0 Å². The number of halogens is 1. The number of rotatable bonds is 6. The lowest BCUT2D eigenvalue weighted by Crippen LogP contribution is -2.13. The van der Waals surface area contributed by atoms with E-state index in [2.05, 4.69) is 21.2 Å². The van der Waals surface area contributed by atoms with Crippen molar-refractivity contribution in [2.24, 2.45) is 0 Å². The van der Waals surface area contributed by atoms with Crippen molar-refractivity contribution in [1.29, 1.82) is 0 Å². The Kier molecular flexibility index (Phi) is 5.96. The van der Waals surface area contributed by atoms with Crippen molar-refractivity contribution in [1.82, 2.24) is 5.32 Å². The van der Waals surface area contributed by atoms with Crippen LogP contribution in [0.3, 0.4) is 0 Å². The van der Waals surface area contributed by atoms with E-state index < -0.39 is 0 Å². The van der Waals surface area contributed by atoms with Crippen molar-refractivity contribution in [3.05, 3.63) is 22.2 Å². The highest BCUT2D eigenvalue weighted by Crippen LogP contribution is 2.34. The van der Waals surface area contributed by atoms with E-state index in [0.717, 1.165) is 28.1 Å². The van der Waals surface area contributed by atoms with Crippen LogP contribution in [0, 0.1) is 0 Å². The minimum absolute atomic E-state index is 0.142. The van der Waals surface area contributed by atoms with E-state index in [9.17, 15) is 0 Å². The molecule has 1 N–H and O–H groups in total. The fraction of sp³-hybridized carbons (Fsp3) is 0.571. The quantitative estimate of drug-likeness (QED) is 0.867. The van der Waals surface area contributed by atoms with E-state index in [1.807, 2.05) is 46.9 Å². The standard InChI is InChI=1S/C14H22BrNO2/c1-9(2)17-13-7-14(18-10(3)4)12(15)6-11(13)8-16-5/h6-7,9-10,16H,8H2,1-5H3. The predicted octanol–water partition coefficient (Wildman–Crippen LogP) is 3.74. The Hall–Kier alpha value is -0.740. The molecule has 0 saturated heterocycles. The predicted molar refractivity (Wildman–Crippen MR) is 78.4 cm³/mol. The second-order valence-electron chi connectivity index (χ2n) is 4.75. The number of hydrogen-bond acceptors (Lipinski definition) is 3. The maximum atomic E-state index is 5.83. The molecule has 0 atom stereocenters. The number of benzene rings is 1. The van der Waals surface area contributed by atoms with Gasteiger partial charge in [0.2, 0.25) is 0 Å². The zero-order valence-electron chi connectivity index (χ0n) is 11.7. The second kappa shape index (κ2) is 7.00. The van der Waals surface area contributed by atoms with Crippen molar-refractivity contribution >= 4 is 15.9 Å². The Morgan fingerprint density at radius 1 is 1.06 bits per heavy atom. The Morgan fingerprint density at radius 3 is 2.11 bits per heavy atom. The van der Waals surface area contributed by atoms with Gasteiger partial charge in [0, 0.05) is 18.2 Å². The van der Waals surface area contributed by atoms with Gasteiger partial charge in [-0.2, -0.15) is 0 Å². The average molecular weight is 316 g/mol. The highest BCUT2D eigenvalue weighted by molar-refractivity contribution is 9.10. The third-order valence-electron chi connectivity index (χ3n) is 2.21. The summed E-state index contributed by atoms with van der Waals surface area (Å²) in [6, 6.07) is 4.00. The van der Waals surface area contributed by atoms with Crippen molar-refractivity contribution in [3.8, 4) is 11.5 Å². The first kappa shape index (κ1) is 15.3. The molecule has 102 valence electrons. The topological polar surface area (TPSA) is 30.5 Å². The van der Waals surface area contributed by atoms with Crippen LogP contribution in [0.15, 0.2) is 16.6 Å². The van der Waals surface area contributed by atoms with Gasteiger partial charge in [-0.05, 0) is 56.7 Å². The summed E-state index contributed by atoms with van der Waals surface area (Å²) in [5.74, 6) is 1.69. The van der Waals surface area contributed by atoms with Gasteiger partial charge in [0.05, 0.1) is 16.7 Å². The zero-order chi connectivity index (χ0) is 13.7. The van der Waals surface area contributed by atoms with Gasteiger partial charge in [0.25, 0.3) is 0 Å². The Balaban J connectivity index is 3.08. The lowest BCUT2D eigenvalue weighted by atomic mass is 10.2. The van der Waals surface area contributed by atoms with Crippen molar-refractivity contribution < 1.29 is 9.47 Å². The van der Waals surface area contributed by atoms with E-state index in [4.69, 9.17) is 9.47 Å². The highest BCUT2D eigenvalue weighted by Gasteiger charge is 2.12. The molecule has 0 unspecified atom stereocenters. The molecule has 0 aromatic heterocycles. The van der Waals surface area contributed by atoms with Gasteiger partial charge in [-0.15, -0.1) is 0 Å². The first-order valence-electron chi connectivity index (χ1n) is 6.24. The van der Waals surface area contributed by atoms with Crippen molar-refractivity contribution in [2.75, 3.05) is 7.05 Å². The van der Waals surface area contributed by atoms with E-state index in [1.54, 1.807) is 0 Å². The Labute approximate surface area is 118 Å². The van der Waals surface area contributed by atoms with Crippen LogP contribution in [0.5, 0.6) is 11.5 Å². The van der Waals surface area contributed by atoms with Gasteiger partial charge in [-0.1, -0.05) is 0 Å². The summed E-state index contributed by atoms with van der Waals surface area (Å²) in [7, 11) is 1.92. The van der Waals surface area contributed by atoms with E-state index in [-0.39, 0.29) is 12.2 Å². The first-order valence-corrected chi connectivity index (χ1v) is 7.03. The van der Waals surface area contributed by atoms with Gasteiger partial charge < -0.3 is 14.8 Å². The molecule has 0 aliphatic heterocycles. The number of ether oxygens (including phenoxy) is 2. The summed E-state index contributed by atoms with van der Waals surface area (Å²) in [6.07, 6.45) is 0.289. The molecular formula is C14H22BrNO2. The summed E-state index contributed by atoms with van der Waals surface area (Å²) < 4.78 is 12.5. The summed E-state index contributed by atoms with van der Waals surface area (Å²) in [5.41, 5.74) is 1.12. The molecule has 1 rings (SSSR count). The SMILES string of the molecule is CNCc1cc(Br)c(OC(C)C)cc1OC(C)C. The summed E-state index contributed by atoms with van der Waals surface area (Å²) in [6.45, 7) is 8.83. The Morgan fingerprint density at radius 2 is 1.61 bits per heavy atom. The van der Waals surface area contributed by atoms with E-state index >= 15 is 0 Å². The van der Waals surface area contributed by atoms with Crippen LogP contribution in [-0.2, 0) is 6.54 Å². The Bertz CT molecular complexity index is 392. The molecule has 0 aliphatic carbocycles. The molecule has 0 aliphatic rings. The largest absolute Gasteiger partial charge is 0.491 e. The molecule has 0 spiro atoms. The summed E-state index contributed by atoms with van der Waals surface area (Å²) in [5, 5.41) is 3.14. The van der Waals surface area contributed by atoms with Crippen LogP contribution < -0.4 is 14.8 Å². The second-order valence-corrected chi connectivity index (χ2v) is 5.61. The van der Waals surface area contributed by atoms with Gasteiger partial charge in [-0.3, -0.25) is 0 Å². The van der Waals surface area contributed by atoms with Crippen LogP contribution in [0.4, 0.5) is 0 Å². The van der Waals surface area contributed by atoms with Crippen LogP contribution in [0.2, 0.25) is 0 Å². The molecule has 0 bridgehead atoms. The zero-order valence-corrected chi connectivity index (χ0v) is 13.3. The molecule has 0 saturated carbocycles. The van der Waals surface area contributed by atoms with Gasteiger partial charge in [0.1, 0.15) is 11.5 Å². The molecule has 4 heteroatoms. The first-order chi connectivity index (χ1) is 8.43. The van der Waals surface area contributed by atoms with Crippen LogP contribution in [0.1, 0.15) is 33.3 Å². The van der Waals surface area contributed by atoms with Gasteiger partial charge in [-0.25, -0.2) is 0 Å². The van der Waals surface area contributed by atoms with Crippen LogP contribution >= 0.6 is 15.9 Å². The minimum Gasteiger partial charge on any atom is -0.491 e. The normalized spacial score (nSPS) is 11.1. The maximum Gasteiger partial charge on any atom is 0.137 e. The lowest BCUT2D eigenvalue weighted by molar-refractivity contribution is 0.226. The molecule has 1 aromatic carbocycles. The average Bonchev–Trinajstić information content (AvgIpc) is 2.23. The fourth-order valence-corrected chi connectivity index (χ4v) is 2.10.